The topological polar surface area (TPSA) is 52.7 Å². The van der Waals surface area contributed by atoms with Crippen LogP contribution in [0.5, 0.6) is 0 Å². The molecular weight excluding hydrogens is 406 g/mol. The minimum Gasteiger partial charge on any atom is -0.368 e. The van der Waals surface area contributed by atoms with E-state index in [0.29, 0.717) is 10.8 Å². The first kappa shape index (κ1) is 21.5. The fourth-order valence-corrected chi connectivity index (χ4v) is 4.01. The van der Waals surface area contributed by atoms with E-state index >= 15 is 0 Å². The van der Waals surface area contributed by atoms with E-state index in [9.17, 15) is 9.59 Å². The molecule has 2 aromatic rings. The Balaban J connectivity index is 1.47. The first-order chi connectivity index (χ1) is 13.9. The van der Waals surface area contributed by atoms with Crippen LogP contribution in [0.3, 0.4) is 0 Å². The van der Waals surface area contributed by atoms with Crippen LogP contribution in [0.25, 0.3) is 0 Å². The number of hydrogen-bond acceptors (Lipinski definition) is 4. The fourth-order valence-electron chi connectivity index (χ4n) is 3.18. The van der Waals surface area contributed by atoms with Crippen LogP contribution in [-0.2, 0) is 9.59 Å². The number of benzene rings is 2. The lowest BCUT2D eigenvalue weighted by atomic mass is 10.1. The van der Waals surface area contributed by atoms with Gasteiger partial charge in [-0.1, -0.05) is 25.4 Å². The molecule has 0 aromatic heterocycles. The lowest BCUT2D eigenvalue weighted by Gasteiger charge is -2.37. The van der Waals surface area contributed by atoms with Gasteiger partial charge >= 0.3 is 0 Å². The molecular formula is C22H26ClN3O2S. The van der Waals surface area contributed by atoms with Gasteiger partial charge in [0.15, 0.2) is 0 Å². The number of amides is 2. The lowest BCUT2D eigenvalue weighted by Crippen LogP contribution is -2.49. The van der Waals surface area contributed by atoms with E-state index in [1.165, 1.54) is 11.8 Å². The van der Waals surface area contributed by atoms with Gasteiger partial charge in [0, 0.05) is 53.4 Å². The molecule has 2 amide bonds. The second kappa shape index (κ2) is 10.0. The molecule has 2 aromatic carbocycles. The van der Waals surface area contributed by atoms with E-state index in [4.69, 9.17) is 11.6 Å². The zero-order chi connectivity index (χ0) is 20.8. The number of rotatable bonds is 6. The summed E-state index contributed by atoms with van der Waals surface area (Å²) in [6.07, 6.45) is 0. The molecule has 1 fully saturated rings. The molecule has 7 heteroatoms. The molecule has 0 bridgehead atoms. The SMILES string of the molecule is CC(C)C(=O)N1CCN(c2ccc(NC(=O)CSc3ccc(Cl)cc3)cc2)CC1. The van der Waals surface area contributed by atoms with E-state index in [0.717, 1.165) is 42.4 Å². The molecule has 1 N–H and O–H groups in total. The summed E-state index contributed by atoms with van der Waals surface area (Å²) in [7, 11) is 0. The fraction of sp³-hybridized carbons (Fsp3) is 0.364. The van der Waals surface area contributed by atoms with Crippen molar-refractivity contribution < 1.29 is 9.59 Å². The summed E-state index contributed by atoms with van der Waals surface area (Å²) in [6, 6.07) is 15.3. The summed E-state index contributed by atoms with van der Waals surface area (Å²) in [5.41, 5.74) is 1.89. The molecule has 0 saturated carbocycles. The molecule has 1 saturated heterocycles. The normalized spacial score (nSPS) is 14.2. The van der Waals surface area contributed by atoms with Crippen molar-refractivity contribution in [1.82, 2.24) is 4.90 Å². The number of carbonyl (C=O) groups excluding carboxylic acids is 2. The predicted molar refractivity (Wildman–Crippen MR) is 121 cm³/mol. The second-order valence-electron chi connectivity index (χ2n) is 7.30. The van der Waals surface area contributed by atoms with Gasteiger partial charge in [0.05, 0.1) is 5.75 Å². The maximum atomic E-state index is 12.2. The second-order valence-corrected chi connectivity index (χ2v) is 8.79. The number of piperazine rings is 1. The molecule has 0 aliphatic carbocycles. The van der Waals surface area contributed by atoms with Crippen LogP contribution in [-0.4, -0.2) is 48.6 Å². The van der Waals surface area contributed by atoms with Crippen molar-refractivity contribution >= 4 is 46.6 Å². The summed E-state index contributed by atoms with van der Waals surface area (Å²) in [4.78, 5) is 29.5. The van der Waals surface area contributed by atoms with Gasteiger partial charge in [0.2, 0.25) is 11.8 Å². The molecule has 1 aliphatic rings. The summed E-state index contributed by atoms with van der Waals surface area (Å²) in [6.45, 7) is 7.02. The van der Waals surface area contributed by atoms with Crippen LogP contribution < -0.4 is 10.2 Å². The van der Waals surface area contributed by atoms with Crippen LogP contribution in [0.1, 0.15) is 13.8 Å². The molecule has 154 valence electrons. The number of halogens is 1. The van der Waals surface area contributed by atoms with Gasteiger partial charge < -0.3 is 15.1 Å². The zero-order valence-corrected chi connectivity index (χ0v) is 18.3. The number of nitrogens with one attached hydrogen (secondary N) is 1. The average Bonchev–Trinajstić information content (AvgIpc) is 2.73. The van der Waals surface area contributed by atoms with Crippen LogP contribution in [0.2, 0.25) is 5.02 Å². The standard InChI is InChI=1S/C22H26ClN3O2S/c1-16(2)22(28)26-13-11-25(12-14-26)19-7-5-18(6-8-19)24-21(27)15-29-20-9-3-17(23)4-10-20/h3-10,16H,11-15H2,1-2H3,(H,24,27). The molecule has 1 aliphatic heterocycles. The maximum absolute atomic E-state index is 12.2. The number of anilines is 2. The van der Waals surface area contributed by atoms with E-state index in [1.807, 2.05) is 67.3 Å². The maximum Gasteiger partial charge on any atom is 0.234 e. The Hall–Kier alpha value is -2.18. The van der Waals surface area contributed by atoms with Crippen LogP contribution in [0, 0.1) is 5.92 Å². The first-order valence-corrected chi connectivity index (χ1v) is 11.1. The van der Waals surface area contributed by atoms with Crippen molar-refractivity contribution in [3.05, 3.63) is 53.6 Å². The Kier molecular flexibility index (Phi) is 7.45. The minimum absolute atomic E-state index is 0.0430. The van der Waals surface area contributed by atoms with Gasteiger partial charge in [-0.3, -0.25) is 9.59 Å². The summed E-state index contributed by atoms with van der Waals surface area (Å²) < 4.78 is 0. The van der Waals surface area contributed by atoms with Crippen LogP contribution in [0.15, 0.2) is 53.4 Å². The van der Waals surface area contributed by atoms with Gasteiger partial charge in [0.1, 0.15) is 0 Å². The Labute approximate surface area is 181 Å². The minimum atomic E-state index is -0.0430. The van der Waals surface area contributed by atoms with Crippen molar-refractivity contribution in [1.29, 1.82) is 0 Å². The molecule has 0 spiro atoms. The number of nitrogens with zero attached hydrogens (tertiary/aromatic N) is 2. The number of thioether (sulfide) groups is 1. The van der Waals surface area contributed by atoms with Crippen LogP contribution >= 0.6 is 23.4 Å². The van der Waals surface area contributed by atoms with Gasteiger partial charge in [-0.2, -0.15) is 0 Å². The van der Waals surface area contributed by atoms with E-state index < -0.39 is 0 Å². The van der Waals surface area contributed by atoms with E-state index in [2.05, 4.69) is 10.2 Å². The van der Waals surface area contributed by atoms with Crippen LogP contribution in [0.4, 0.5) is 11.4 Å². The highest BCUT2D eigenvalue weighted by atomic mass is 35.5. The van der Waals surface area contributed by atoms with Crippen molar-refractivity contribution in [3.63, 3.8) is 0 Å². The Bertz CT molecular complexity index is 832. The number of hydrogen-bond donors (Lipinski definition) is 1. The van der Waals surface area contributed by atoms with E-state index in [1.54, 1.807) is 0 Å². The van der Waals surface area contributed by atoms with Crippen molar-refractivity contribution in [2.75, 3.05) is 42.1 Å². The highest BCUT2D eigenvalue weighted by molar-refractivity contribution is 8.00. The third-order valence-corrected chi connectivity index (χ3v) is 6.05. The van der Waals surface area contributed by atoms with E-state index in [-0.39, 0.29) is 17.7 Å². The molecule has 0 radical (unpaired) electrons. The number of carbonyl (C=O) groups is 2. The molecule has 0 unspecified atom stereocenters. The van der Waals surface area contributed by atoms with Crippen molar-refractivity contribution in [2.45, 2.75) is 18.7 Å². The van der Waals surface area contributed by atoms with Crippen molar-refractivity contribution in [2.24, 2.45) is 5.92 Å². The zero-order valence-electron chi connectivity index (χ0n) is 16.7. The van der Waals surface area contributed by atoms with Gasteiger partial charge in [-0.05, 0) is 48.5 Å². The largest absolute Gasteiger partial charge is 0.368 e. The molecule has 1 heterocycles. The monoisotopic (exact) mass is 431 g/mol. The highest BCUT2D eigenvalue weighted by Crippen LogP contribution is 2.22. The third kappa shape index (κ3) is 6.15. The van der Waals surface area contributed by atoms with Gasteiger partial charge in [-0.25, -0.2) is 0 Å². The van der Waals surface area contributed by atoms with Gasteiger partial charge in [-0.15, -0.1) is 11.8 Å². The Morgan fingerprint density at radius 1 is 1.00 bits per heavy atom. The Morgan fingerprint density at radius 3 is 2.21 bits per heavy atom. The average molecular weight is 432 g/mol. The highest BCUT2D eigenvalue weighted by Gasteiger charge is 2.22. The molecule has 29 heavy (non-hydrogen) atoms. The smallest absolute Gasteiger partial charge is 0.234 e. The summed E-state index contributed by atoms with van der Waals surface area (Å²) in [5, 5.41) is 3.62. The molecule has 5 nitrogen and oxygen atoms in total. The Morgan fingerprint density at radius 2 is 1.62 bits per heavy atom. The first-order valence-electron chi connectivity index (χ1n) is 9.74. The van der Waals surface area contributed by atoms with Crippen molar-refractivity contribution in [3.8, 4) is 0 Å². The summed E-state index contributed by atoms with van der Waals surface area (Å²) >= 11 is 7.35. The summed E-state index contributed by atoms with van der Waals surface area (Å²) in [5.74, 6) is 0.565. The lowest BCUT2D eigenvalue weighted by molar-refractivity contribution is -0.134. The quantitative estimate of drug-likeness (QED) is 0.690. The molecule has 3 rings (SSSR count). The predicted octanol–water partition coefficient (Wildman–Crippen LogP) is 4.38. The third-order valence-electron chi connectivity index (χ3n) is 4.79. The van der Waals surface area contributed by atoms with Gasteiger partial charge in [0.25, 0.3) is 0 Å². The molecule has 0 atom stereocenters.